The Bertz CT molecular complexity index is 360. The van der Waals surface area contributed by atoms with Crippen molar-refractivity contribution in [1.29, 1.82) is 0 Å². The normalized spacial score (nSPS) is 12.6. The second-order valence-electron chi connectivity index (χ2n) is 3.49. The van der Waals surface area contributed by atoms with E-state index in [-0.39, 0.29) is 11.6 Å². The van der Waals surface area contributed by atoms with Crippen molar-refractivity contribution in [2.45, 2.75) is 19.4 Å². The van der Waals surface area contributed by atoms with E-state index in [9.17, 15) is 4.39 Å². The Hall–Kier alpha value is -0.840. The van der Waals surface area contributed by atoms with Crippen LogP contribution in [0.15, 0.2) is 12.1 Å². The quantitative estimate of drug-likeness (QED) is 0.838. The average Bonchev–Trinajstić information content (AvgIpc) is 2.29. The minimum atomic E-state index is -0.510. The summed E-state index contributed by atoms with van der Waals surface area (Å²) in [4.78, 5) is 0. The van der Waals surface area contributed by atoms with Gasteiger partial charge in [-0.05, 0) is 12.5 Å². The predicted octanol–water partition coefficient (Wildman–Crippen LogP) is 2.23. The summed E-state index contributed by atoms with van der Waals surface area (Å²) >= 11 is 5.69. The standard InChI is InChI=1S/C11H16ClFN2O/c1-2-3-16-11-5-8(12)9(13)4-7(11)10(15)6-14/h4-5,10H,2-3,6,14-15H2,1H3. The zero-order valence-corrected chi connectivity index (χ0v) is 9.93. The van der Waals surface area contributed by atoms with Crippen LogP contribution in [0.1, 0.15) is 24.9 Å². The van der Waals surface area contributed by atoms with Crippen LogP contribution in [0.5, 0.6) is 5.75 Å². The minimum Gasteiger partial charge on any atom is -0.493 e. The molecule has 0 saturated heterocycles. The van der Waals surface area contributed by atoms with Gasteiger partial charge in [-0.25, -0.2) is 4.39 Å². The van der Waals surface area contributed by atoms with Gasteiger partial charge >= 0.3 is 0 Å². The first-order valence-electron chi connectivity index (χ1n) is 5.17. The van der Waals surface area contributed by atoms with Gasteiger partial charge in [0.05, 0.1) is 11.6 Å². The molecule has 0 radical (unpaired) electrons. The summed E-state index contributed by atoms with van der Waals surface area (Å²) in [6.07, 6.45) is 0.853. The van der Waals surface area contributed by atoms with E-state index in [2.05, 4.69) is 0 Å². The highest BCUT2D eigenvalue weighted by molar-refractivity contribution is 6.30. The first kappa shape index (κ1) is 13.2. The number of rotatable bonds is 5. The largest absolute Gasteiger partial charge is 0.493 e. The van der Waals surface area contributed by atoms with Gasteiger partial charge in [0.15, 0.2) is 0 Å². The van der Waals surface area contributed by atoms with Crippen molar-refractivity contribution >= 4 is 11.6 Å². The van der Waals surface area contributed by atoms with Gasteiger partial charge in [-0.1, -0.05) is 18.5 Å². The van der Waals surface area contributed by atoms with E-state index in [0.717, 1.165) is 6.42 Å². The van der Waals surface area contributed by atoms with Crippen LogP contribution in [0.25, 0.3) is 0 Å². The minimum absolute atomic E-state index is 0.0269. The maximum absolute atomic E-state index is 13.3. The van der Waals surface area contributed by atoms with Gasteiger partial charge in [-0.15, -0.1) is 0 Å². The van der Waals surface area contributed by atoms with Gasteiger partial charge < -0.3 is 16.2 Å². The third kappa shape index (κ3) is 3.07. The lowest BCUT2D eigenvalue weighted by molar-refractivity contribution is 0.311. The molecule has 0 bridgehead atoms. The summed E-state index contributed by atoms with van der Waals surface area (Å²) in [7, 11) is 0. The van der Waals surface area contributed by atoms with Crippen LogP contribution in [0.3, 0.4) is 0 Å². The van der Waals surface area contributed by atoms with E-state index in [0.29, 0.717) is 17.9 Å². The number of halogens is 2. The molecule has 0 fully saturated rings. The monoisotopic (exact) mass is 246 g/mol. The summed E-state index contributed by atoms with van der Waals surface area (Å²) in [5, 5.41) is 0.0269. The van der Waals surface area contributed by atoms with E-state index in [4.69, 9.17) is 27.8 Å². The molecule has 90 valence electrons. The second-order valence-corrected chi connectivity index (χ2v) is 3.90. The molecular formula is C11H16ClFN2O. The molecule has 1 aromatic rings. The lowest BCUT2D eigenvalue weighted by atomic mass is 10.1. The molecule has 0 amide bonds. The molecule has 0 saturated carbocycles. The molecule has 0 spiro atoms. The molecule has 0 heterocycles. The Balaban J connectivity index is 3.06. The fourth-order valence-corrected chi connectivity index (χ4v) is 1.45. The zero-order valence-electron chi connectivity index (χ0n) is 9.17. The first-order chi connectivity index (χ1) is 7.60. The Kier molecular flexibility index (Phi) is 4.99. The summed E-state index contributed by atoms with van der Waals surface area (Å²) in [6, 6.07) is 2.28. The third-order valence-electron chi connectivity index (χ3n) is 2.17. The van der Waals surface area contributed by atoms with Crippen molar-refractivity contribution in [1.82, 2.24) is 0 Å². The smallest absolute Gasteiger partial charge is 0.142 e. The van der Waals surface area contributed by atoms with E-state index in [1.807, 2.05) is 6.92 Å². The summed E-state index contributed by atoms with van der Waals surface area (Å²) in [5.74, 6) is -0.00406. The second kappa shape index (κ2) is 6.03. The fraction of sp³-hybridized carbons (Fsp3) is 0.455. The lowest BCUT2D eigenvalue weighted by Crippen LogP contribution is -2.21. The maximum Gasteiger partial charge on any atom is 0.142 e. The van der Waals surface area contributed by atoms with Crippen molar-refractivity contribution in [3.8, 4) is 5.75 Å². The van der Waals surface area contributed by atoms with Gasteiger partial charge in [0.2, 0.25) is 0 Å². The van der Waals surface area contributed by atoms with Crippen molar-refractivity contribution < 1.29 is 9.13 Å². The Morgan fingerprint density at radius 3 is 2.75 bits per heavy atom. The number of ether oxygens (including phenoxy) is 1. The number of hydrogen-bond acceptors (Lipinski definition) is 3. The Labute approximate surface area is 99.5 Å². The van der Waals surface area contributed by atoms with Gasteiger partial charge in [0.25, 0.3) is 0 Å². The van der Waals surface area contributed by atoms with E-state index >= 15 is 0 Å². The third-order valence-corrected chi connectivity index (χ3v) is 2.46. The van der Waals surface area contributed by atoms with Crippen LogP contribution < -0.4 is 16.2 Å². The molecule has 0 aromatic heterocycles. The van der Waals surface area contributed by atoms with Crippen LogP contribution in [-0.4, -0.2) is 13.2 Å². The molecule has 0 aliphatic heterocycles. The predicted molar refractivity (Wildman–Crippen MR) is 63.2 cm³/mol. The summed E-state index contributed by atoms with van der Waals surface area (Å²) in [5.41, 5.74) is 11.8. The van der Waals surface area contributed by atoms with Crippen LogP contribution in [0.2, 0.25) is 5.02 Å². The molecule has 1 rings (SSSR count). The first-order valence-corrected chi connectivity index (χ1v) is 5.55. The molecule has 1 unspecified atom stereocenters. The molecule has 1 atom stereocenters. The SMILES string of the molecule is CCCOc1cc(Cl)c(F)cc1C(N)CN. The topological polar surface area (TPSA) is 61.3 Å². The number of hydrogen-bond donors (Lipinski definition) is 2. The summed E-state index contributed by atoms with van der Waals surface area (Å²) < 4.78 is 18.8. The van der Waals surface area contributed by atoms with Crippen molar-refractivity contribution in [2.24, 2.45) is 11.5 Å². The van der Waals surface area contributed by atoms with E-state index in [1.54, 1.807) is 0 Å². The van der Waals surface area contributed by atoms with Gasteiger partial charge in [0.1, 0.15) is 11.6 Å². The molecule has 3 nitrogen and oxygen atoms in total. The highest BCUT2D eigenvalue weighted by atomic mass is 35.5. The molecule has 0 aliphatic carbocycles. The average molecular weight is 247 g/mol. The fourth-order valence-electron chi connectivity index (χ4n) is 1.30. The number of nitrogens with two attached hydrogens (primary N) is 2. The molecule has 0 aliphatic rings. The highest BCUT2D eigenvalue weighted by Crippen LogP contribution is 2.29. The molecular weight excluding hydrogens is 231 g/mol. The van der Waals surface area contributed by atoms with E-state index in [1.165, 1.54) is 12.1 Å². The van der Waals surface area contributed by atoms with Crippen LogP contribution in [0, 0.1) is 5.82 Å². The molecule has 4 N–H and O–H groups in total. The van der Waals surface area contributed by atoms with Gasteiger partial charge in [-0.3, -0.25) is 0 Å². The van der Waals surface area contributed by atoms with Crippen LogP contribution in [0.4, 0.5) is 4.39 Å². The maximum atomic E-state index is 13.3. The van der Waals surface area contributed by atoms with Gasteiger partial charge in [-0.2, -0.15) is 0 Å². The Morgan fingerprint density at radius 1 is 1.50 bits per heavy atom. The Morgan fingerprint density at radius 2 is 2.19 bits per heavy atom. The van der Waals surface area contributed by atoms with Crippen molar-refractivity contribution in [3.05, 3.63) is 28.5 Å². The lowest BCUT2D eigenvalue weighted by Gasteiger charge is -2.16. The highest BCUT2D eigenvalue weighted by Gasteiger charge is 2.14. The zero-order chi connectivity index (χ0) is 12.1. The molecule has 1 aromatic carbocycles. The molecule has 5 heteroatoms. The van der Waals surface area contributed by atoms with E-state index < -0.39 is 11.9 Å². The van der Waals surface area contributed by atoms with Crippen molar-refractivity contribution in [2.75, 3.05) is 13.2 Å². The number of benzene rings is 1. The van der Waals surface area contributed by atoms with Crippen LogP contribution in [-0.2, 0) is 0 Å². The van der Waals surface area contributed by atoms with Gasteiger partial charge in [0, 0.05) is 24.2 Å². The summed E-state index contributed by atoms with van der Waals surface area (Å²) in [6.45, 7) is 2.74. The van der Waals surface area contributed by atoms with Crippen molar-refractivity contribution in [3.63, 3.8) is 0 Å². The molecule has 16 heavy (non-hydrogen) atoms. The van der Waals surface area contributed by atoms with Crippen LogP contribution >= 0.6 is 11.6 Å².